The smallest absolute Gasteiger partial charge is 0.305 e. The van der Waals surface area contributed by atoms with E-state index in [0.717, 1.165) is 19.3 Å². The molecule has 4 nitrogen and oxygen atoms in total. The average Bonchev–Trinajstić information content (AvgIpc) is 2.50. The van der Waals surface area contributed by atoms with Gasteiger partial charge in [0.2, 0.25) is 0 Å². The van der Waals surface area contributed by atoms with E-state index in [9.17, 15) is 4.79 Å². The zero-order valence-corrected chi connectivity index (χ0v) is 14.6. The minimum Gasteiger partial charge on any atom is -0.481 e. The monoisotopic (exact) mass is 312 g/mol. The number of unbranched alkanes of at least 4 members (excludes halogenated alkanes) is 1. The lowest BCUT2D eigenvalue weighted by molar-refractivity contribution is -0.139. The lowest BCUT2D eigenvalue weighted by Gasteiger charge is -2.07. The fraction of sp³-hybridized carbons (Fsp3) is 0.611. The molecule has 4 heteroatoms. The first-order chi connectivity index (χ1) is 10.4. The van der Waals surface area contributed by atoms with Gasteiger partial charge in [0, 0.05) is 13.7 Å². The van der Waals surface area contributed by atoms with E-state index >= 15 is 0 Å². The van der Waals surface area contributed by atoms with Gasteiger partial charge < -0.3 is 14.9 Å². The molecule has 0 spiro atoms. The van der Waals surface area contributed by atoms with E-state index in [2.05, 4.69) is 45.0 Å². The van der Waals surface area contributed by atoms with Crippen LogP contribution >= 0.6 is 0 Å². The summed E-state index contributed by atoms with van der Waals surface area (Å²) in [5.41, 5.74) is 2.74. The van der Waals surface area contributed by atoms with E-state index in [1.54, 1.807) is 0 Å². The van der Waals surface area contributed by atoms with Crippen LogP contribution in [-0.4, -0.2) is 36.0 Å². The van der Waals surface area contributed by atoms with Crippen molar-refractivity contribution < 1.29 is 19.7 Å². The summed E-state index contributed by atoms with van der Waals surface area (Å²) in [5.74, 6) is -0.802. The van der Waals surface area contributed by atoms with Crippen LogP contribution in [0.15, 0.2) is 24.3 Å². The molecule has 128 valence electrons. The molecule has 0 aliphatic heterocycles. The molecular weight excluding hydrogens is 280 g/mol. The SMILES string of the molecule is CCC(CC(=O)O)OC.CCCCO.Cc1ccccc1C. The van der Waals surface area contributed by atoms with Crippen LogP contribution in [0.25, 0.3) is 0 Å². The molecule has 0 aromatic heterocycles. The fourth-order valence-corrected chi connectivity index (χ4v) is 1.41. The molecule has 2 N–H and O–H groups in total. The van der Waals surface area contributed by atoms with Gasteiger partial charge in [0.05, 0.1) is 12.5 Å². The second kappa shape index (κ2) is 16.0. The Balaban J connectivity index is 0. The van der Waals surface area contributed by atoms with Crippen LogP contribution in [0.3, 0.4) is 0 Å². The van der Waals surface area contributed by atoms with Gasteiger partial charge in [-0.25, -0.2) is 0 Å². The van der Waals surface area contributed by atoms with Gasteiger partial charge in [-0.15, -0.1) is 0 Å². The lowest BCUT2D eigenvalue weighted by Crippen LogP contribution is -2.14. The normalized spacial score (nSPS) is 10.6. The number of carboxylic acids is 1. The van der Waals surface area contributed by atoms with Crippen LogP contribution in [0.5, 0.6) is 0 Å². The largest absolute Gasteiger partial charge is 0.481 e. The Morgan fingerprint density at radius 1 is 1.18 bits per heavy atom. The molecular formula is C18H32O4. The molecule has 1 rings (SSSR count). The zero-order valence-electron chi connectivity index (χ0n) is 14.6. The number of benzene rings is 1. The van der Waals surface area contributed by atoms with Crippen LogP contribution in [0.2, 0.25) is 0 Å². The van der Waals surface area contributed by atoms with Crippen LogP contribution in [0.1, 0.15) is 50.7 Å². The maximum atomic E-state index is 10.0. The second-order valence-electron chi connectivity index (χ2n) is 5.03. The third kappa shape index (κ3) is 15.0. The van der Waals surface area contributed by atoms with Gasteiger partial charge >= 0.3 is 5.97 Å². The highest BCUT2D eigenvalue weighted by Crippen LogP contribution is 2.02. The third-order valence-electron chi connectivity index (χ3n) is 3.13. The van der Waals surface area contributed by atoms with Crippen molar-refractivity contribution in [3.8, 4) is 0 Å². The van der Waals surface area contributed by atoms with Crippen molar-refractivity contribution in [1.82, 2.24) is 0 Å². The summed E-state index contributed by atoms with van der Waals surface area (Å²) < 4.78 is 4.83. The van der Waals surface area contributed by atoms with Crippen molar-refractivity contribution in [2.24, 2.45) is 0 Å². The van der Waals surface area contributed by atoms with E-state index in [4.69, 9.17) is 14.9 Å². The molecule has 1 aromatic carbocycles. The predicted octanol–water partition coefficient (Wildman–Crippen LogP) is 3.97. The first-order valence-electron chi connectivity index (χ1n) is 7.80. The van der Waals surface area contributed by atoms with Gasteiger partial charge in [0.15, 0.2) is 0 Å². The van der Waals surface area contributed by atoms with Gasteiger partial charge in [-0.3, -0.25) is 4.79 Å². The summed E-state index contributed by atoms with van der Waals surface area (Å²) in [6.07, 6.45) is 2.77. The molecule has 0 fully saturated rings. The van der Waals surface area contributed by atoms with Crippen molar-refractivity contribution in [2.45, 2.75) is 59.5 Å². The van der Waals surface area contributed by atoms with E-state index in [-0.39, 0.29) is 12.5 Å². The average molecular weight is 312 g/mol. The quantitative estimate of drug-likeness (QED) is 0.834. The molecule has 22 heavy (non-hydrogen) atoms. The summed E-state index contributed by atoms with van der Waals surface area (Å²) in [4.78, 5) is 10.0. The number of aliphatic carboxylic acids is 1. The molecule has 0 radical (unpaired) electrons. The maximum absolute atomic E-state index is 10.0. The Bertz CT molecular complexity index is 350. The van der Waals surface area contributed by atoms with Gasteiger partial charge in [0.25, 0.3) is 0 Å². The van der Waals surface area contributed by atoms with Crippen molar-refractivity contribution in [1.29, 1.82) is 0 Å². The minimum absolute atomic E-state index is 0.104. The first-order valence-corrected chi connectivity index (χ1v) is 7.80. The Kier molecular flexibility index (Phi) is 16.6. The van der Waals surface area contributed by atoms with E-state index < -0.39 is 5.97 Å². The predicted molar refractivity (Wildman–Crippen MR) is 91.3 cm³/mol. The number of ether oxygens (including phenoxy) is 1. The van der Waals surface area contributed by atoms with Gasteiger partial charge in [0.1, 0.15) is 0 Å². The molecule has 0 amide bonds. The van der Waals surface area contributed by atoms with Gasteiger partial charge in [-0.2, -0.15) is 0 Å². The maximum Gasteiger partial charge on any atom is 0.305 e. The lowest BCUT2D eigenvalue weighted by atomic mass is 10.1. The summed E-state index contributed by atoms with van der Waals surface area (Å²) in [6, 6.07) is 8.36. The van der Waals surface area contributed by atoms with Gasteiger partial charge in [-0.05, 0) is 37.8 Å². The van der Waals surface area contributed by atoms with E-state index in [1.807, 2.05) is 6.92 Å². The number of aliphatic hydroxyl groups is 1. The number of carbonyl (C=O) groups is 1. The van der Waals surface area contributed by atoms with Crippen molar-refractivity contribution in [2.75, 3.05) is 13.7 Å². The number of rotatable bonds is 6. The minimum atomic E-state index is -0.802. The molecule has 0 saturated heterocycles. The number of aliphatic hydroxyl groups excluding tert-OH is 1. The molecule has 1 atom stereocenters. The van der Waals surface area contributed by atoms with E-state index in [0.29, 0.717) is 6.61 Å². The molecule has 0 aliphatic carbocycles. The van der Waals surface area contributed by atoms with Crippen LogP contribution in [-0.2, 0) is 9.53 Å². The summed E-state index contributed by atoms with van der Waals surface area (Å²) in [6.45, 7) is 8.54. The second-order valence-corrected chi connectivity index (χ2v) is 5.03. The Hall–Kier alpha value is -1.39. The molecule has 1 unspecified atom stereocenters. The number of carboxylic acid groups (broad SMARTS) is 1. The van der Waals surface area contributed by atoms with E-state index in [1.165, 1.54) is 18.2 Å². The molecule has 0 aliphatic rings. The molecule has 1 aromatic rings. The van der Waals surface area contributed by atoms with Crippen molar-refractivity contribution in [3.63, 3.8) is 0 Å². The van der Waals surface area contributed by atoms with Crippen molar-refractivity contribution >= 4 is 5.97 Å². The number of hydrogen-bond donors (Lipinski definition) is 2. The summed E-state index contributed by atoms with van der Waals surface area (Å²) in [5, 5.41) is 16.3. The fourth-order valence-electron chi connectivity index (χ4n) is 1.41. The number of methoxy groups -OCH3 is 1. The zero-order chi connectivity index (χ0) is 17.4. The van der Waals surface area contributed by atoms with Crippen LogP contribution in [0.4, 0.5) is 0 Å². The Labute approximate surface area is 135 Å². The molecule has 0 saturated carbocycles. The van der Waals surface area contributed by atoms with Crippen molar-refractivity contribution in [3.05, 3.63) is 35.4 Å². The number of hydrogen-bond acceptors (Lipinski definition) is 3. The third-order valence-corrected chi connectivity index (χ3v) is 3.13. The highest BCUT2D eigenvalue weighted by atomic mass is 16.5. The van der Waals surface area contributed by atoms with Crippen LogP contribution in [0, 0.1) is 13.8 Å². The highest BCUT2D eigenvalue weighted by molar-refractivity contribution is 5.67. The summed E-state index contributed by atoms with van der Waals surface area (Å²) in [7, 11) is 1.52. The number of aryl methyl sites for hydroxylation is 2. The first kappa shape index (κ1) is 22.9. The van der Waals surface area contributed by atoms with Gasteiger partial charge in [-0.1, -0.05) is 44.5 Å². The highest BCUT2D eigenvalue weighted by Gasteiger charge is 2.08. The summed E-state index contributed by atoms with van der Waals surface area (Å²) >= 11 is 0. The molecule has 0 bridgehead atoms. The molecule has 0 heterocycles. The standard InChI is InChI=1S/C8H10.C6H12O3.C4H10O/c1-7-5-3-4-6-8(7)2;1-3-5(9-2)4-6(7)8;1-2-3-4-5/h3-6H,1-2H3;5H,3-4H2,1-2H3,(H,7,8);5H,2-4H2,1H3. The topological polar surface area (TPSA) is 66.8 Å². The Morgan fingerprint density at radius 3 is 1.82 bits per heavy atom. The Morgan fingerprint density at radius 2 is 1.68 bits per heavy atom. The van der Waals surface area contributed by atoms with Crippen LogP contribution < -0.4 is 0 Å².